The molecule has 0 fully saturated rings. The van der Waals surface area contributed by atoms with Crippen molar-refractivity contribution in [3.05, 3.63) is 65.5 Å². The molecule has 0 amide bonds. The van der Waals surface area contributed by atoms with E-state index in [2.05, 4.69) is 21.4 Å². The molecular weight excluding hydrogens is 389 g/mol. The van der Waals surface area contributed by atoms with E-state index in [1.807, 2.05) is 49.0 Å². The number of nitrogens with zero attached hydrogens (tertiary/aromatic N) is 4. The standard InChI is InChI=1S/C18H14ClN5S.ClH/c1-20-17-15(14-6-3-9-25-14)16(12-4-2-5-13(19)10-12)22-18(23-17)24-8-7-21-11-24;/h2-11H,1H3,(H,20,22,23);1H. The van der Waals surface area contributed by atoms with Crippen molar-refractivity contribution < 1.29 is 0 Å². The summed E-state index contributed by atoms with van der Waals surface area (Å²) in [5, 5.41) is 5.91. The maximum absolute atomic E-state index is 6.21. The van der Waals surface area contributed by atoms with E-state index in [4.69, 9.17) is 16.6 Å². The summed E-state index contributed by atoms with van der Waals surface area (Å²) in [5.41, 5.74) is 2.73. The highest BCUT2D eigenvalue weighted by Gasteiger charge is 2.18. The zero-order valence-corrected chi connectivity index (χ0v) is 16.1. The van der Waals surface area contributed by atoms with Gasteiger partial charge in [0.05, 0.1) is 11.3 Å². The molecule has 3 aromatic heterocycles. The van der Waals surface area contributed by atoms with Gasteiger partial charge in [0, 0.05) is 34.9 Å². The van der Waals surface area contributed by atoms with Crippen molar-refractivity contribution in [2.24, 2.45) is 0 Å². The monoisotopic (exact) mass is 403 g/mol. The zero-order chi connectivity index (χ0) is 17.2. The maximum atomic E-state index is 6.21. The molecule has 5 nitrogen and oxygen atoms in total. The third-order valence-corrected chi connectivity index (χ3v) is 4.86. The van der Waals surface area contributed by atoms with Crippen molar-refractivity contribution in [3.63, 3.8) is 0 Å². The number of halogens is 2. The fourth-order valence-corrected chi connectivity index (χ4v) is 3.58. The molecule has 0 unspecified atom stereocenters. The second-order valence-electron chi connectivity index (χ2n) is 5.30. The van der Waals surface area contributed by atoms with Crippen LogP contribution in [0.15, 0.2) is 60.5 Å². The average Bonchev–Trinajstić information content (AvgIpc) is 3.34. The Bertz CT molecular complexity index is 1000. The summed E-state index contributed by atoms with van der Waals surface area (Å²) in [6.45, 7) is 0. The molecule has 0 radical (unpaired) electrons. The lowest BCUT2D eigenvalue weighted by Gasteiger charge is -2.15. The molecule has 8 heteroatoms. The molecule has 0 saturated carbocycles. The van der Waals surface area contributed by atoms with E-state index in [0.717, 1.165) is 27.5 Å². The van der Waals surface area contributed by atoms with Crippen LogP contribution in [0.1, 0.15) is 0 Å². The first-order valence-corrected chi connectivity index (χ1v) is 8.90. The Morgan fingerprint density at radius 3 is 2.69 bits per heavy atom. The minimum Gasteiger partial charge on any atom is -0.372 e. The van der Waals surface area contributed by atoms with Crippen LogP contribution in [0.2, 0.25) is 5.02 Å². The van der Waals surface area contributed by atoms with Crippen LogP contribution in [0.3, 0.4) is 0 Å². The van der Waals surface area contributed by atoms with Crippen LogP contribution in [0.4, 0.5) is 5.82 Å². The van der Waals surface area contributed by atoms with E-state index in [0.29, 0.717) is 11.0 Å². The Labute approximate surface area is 166 Å². The van der Waals surface area contributed by atoms with Gasteiger partial charge in [0.15, 0.2) is 0 Å². The minimum absolute atomic E-state index is 0. The number of thiophene rings is 1. The number of benzene rings is 1. The molecule has 0 atom stereocenters. The van der Waals surface area contributed by atoms with Crippen molar-refractivity contribution in [2.45, 2.75) is 0 Å². The van der Waals surface area contributed by atoms with E-state index in [-0.39, 0.29) is 12.4 Å². The number of imidazole rings is 1. The number of nitrogens with one attached hydrogen (secondary N) is 1. The Hall–Kier alpha value is -2.41. The van der Waals surface area contributed by atoms with Crippen LogP contribution in [0.25, 0.3) is 27.6 Å². The number of anilines is 1. The fourth-order valence-electron chi connectivity index (χ4n) is 2.62. The van der Waals surface area contributed by atoms with Crippen molar-refractivity contribution in [3.8, 4) is 27.6 Å². The summed E-state index contributed by atoms with van der Waals surface area (Å²) in [6, 6.07) is 11.8. The molecule has 0 aliphatic rings. The van der Waals surface area contributed by atoms with Gasteiger partial charge in [-0.2, -0.15) is 4.98 Å². The summed E-state index contributed by atoms with van der Waals surface area (Å²) in [5.74, 6) is 1.31. The van der Waals surface area contributed by atoms with Gasteiger partial charge >= 0.3 is 0 Å². The van der Waals surface area contributed by atoms with E-state index in [1.54, 1.807) is 28.4 Å². The van der Waals surface area contributed by atoms with Crippen molar-refractivity contribution in [1.29, 1.82) is 0 Å². The van der Waals surface area contributed by atoms with Crippen LogP contribution in [0.5, 0.6) is 0 Å². The molecule has 4 aromatic rings. The van der Waals surface area contributed by atoms with Gasteiger partial charge in [0.1, 0.15) is 12.1 Å². The van der Waals surface area contributed by atoms with Crippen LogP contribution in [-0.4, -0.2) is 26.6 Å². The highest BCUT2D eigenvalue weighted by atomic mass is 35.5. The topological polar surface area (TPSA) is 55.6 Å². The maximum Gasteiger partial charge on any atom is 0.237 e. The largest absolute Gasteiger partial charge is 0.372 e. The highest BCUT2D eigenvalue weighted by molar-refractivity contribution is 7.13. The number of aromatic nitrogens is 4. The SMILES string of the molecule is CNc1nc(-n2ccnc2)nc(-c2cccc(Cl)c2)c1-c1cccs1.Cl. The van der Waals surface area contributed by atoms with Crippen molar-refractivity contribution >= 4 is 41.2 Å². The molecule has 4 rings (SSSR count). The Morgan fingerprint density at radius 2 is 2.04 bits per heavy atom. The number of hydrogen-bond acceptors (Lipinski definition) is 5. The average molecular weight is 404 g/mol. The second kappa shape index (κ2) is 7.86. The van der Waals surface area contributed by atoms with Gasteiger partial charge in [-0.05, 0) is 23.6 Å². The highest BCUT2D eigenvalue weighted by Crippen LogP contribution is 2.39. The molecule has 3 heterocycles. The van der Waals surface area contributed by atoms with Gasteiger partial charge < -0.3 is 5.32 Å². The third kappa shape index (κ3) is 3.44. The lowest BCUT2D eigenvalue weighted by Crippen LogP contribution is -2.06. The van der Waals surface area contributed by atoms with E-state index in [1.165, 1.54) is 0 Å². The van der Waals surface area contributed by atoms with Crippen molar-refractivity contribution in [2.75, 3.05) is 12.4 Å². The molecule has 0 aliphatic heterocycles. The minimum atomic E-state index is 0. The van der Waals surface area contributed by atoms with Gasteiger partial charge in [0.25, 0.3) is 0 Å². The predicted molar refractivity (Wildman–Crippen MR) is 110 cm³/mol. The van der Waals surface area contributed by atoms with Crippen LogP contribution in [0, 0.1) is 0 Å². The smallest absolute Gasteiger partial charge is 0.237 e. The lowest BCUT2D eigenvalue weighted by atomic mass is 10.0. The summed E-state index contributed by atoms with van der Waals surface area (Å²) in [6.07, 6.45) is 5.21. The first-order valence-electron chi connectivity index (χ1n) is 7.64. The second-order valence-corrected chi connectivity index (χ2v) is 6.69. The van der Waals surface area contributed by atoms with E-state index < -0.39 is 0 Å². The molecule has 1 aromatic carbocycles. The molecule has 1 N–H and O–H groups in total. The first kappa shape index (κ1) is 18.4. The van der Waals surface area contributed by atoms with Gasteiger partial charge in [-0.3, -0.25) is 4.57 Å². The normalized spacial score (nSPS) is 10.4. The number of rotatable bonds is 4. The van der Waals surface area contributed by atoms with Crippen molar-refractivity contribution in [1.82, 2.24) is 19.5 Å². The van der Waals surface area contributed by atoms with Crippen LogP contribution in [-0.2, 0) is 0 Å². The third-order valence-electron chi connectivity index (χ3n) is 3.73. The Morgan fingerprint density at radius 1 is 1.15 bits per heavy atom. The van der Waals surface area contributed by atoms with Crippen LogP contribution < -0.4 is 5.32 Å². The fraction of sp³-hybridized carbons (Fsp3) is 0.0556. The summed E-state index contributed by atoms with van der Waals surface area (Å²) in [7, 11) is 1.86. The molecule has 132 valence electrons. The van der Waals surface area contributed by atoms with Crippen LogP contribution >= 0.6 is 35.3 Å². The van der Waals surface area contributed by atoms with Gasteiger partial charge in [-0.1, -0.05) is 29.8 Å². The van der Waals surface area contributed by atoms with Gasteiger partial charge in [0.2, 0.25) is 5.95 Å². The molecule has 0 aliphatic carbocycles. The van der Waals surface area contributed by atoms with Gasteiger partial charge in [-0.15, -0.1) is 23.7 Å². The molecule has 0 bridgehead atoms. The number of hydrogen-bond donors (Lipinski definition) is 1. The molecular formula is C18H15Cl2N5S. The Kier molecular flexibility index (Phi) is 5.56. The quantitative estimate of drug-likeness (QED) is 0.510. The lowest BCUT2D eigenvalue weighted by molar-refractivity contribution is 0.931. The molecule has 26 heavy (non-hydrogen) atoms. The zero-order valence-electron chi connectivity index (χ0n) is 13.8. The van der Waals surface area contributed by atoms with E-state index in [9.17, 15) is 0 Å². The predicted octanol–water partition coefficient (Wildman–Crippen LogP) is 5.17. The first-order chi connectivity index (χ1) is 12.3. The summed E-state index contributed by atoms with van der Waals surface area (Å²) >= 11 is 7.86. The Balaban J connectivity index is 0.00000196. The van der Waals surface area contributed by atoms with E-state index >= 15 is 0 Å². The summed E-state index contributed by atoms with van der Waals surface area (Å²) < 4.78 is 1.78. The molecule has 0 spiro atoms. The van der Waals surface area contributed by atoms with Gasteiger partial charge in [-0.25, -0.2) is 9.97 Å². The molecule has 0 saturated heterocycles. The summed E-state index contributed by atoms with van der Waals surface area (Å²) in [4.78, 5) is 14.7.